The number of hydrogen-bond donors (Lipinski definition) is 1. The van der Waals surface area contributed by atoms with Gasteiger partial charge in [0.25, 0.3) is 0 Å². The standard InChI is InChI=1S/C15H12F2N2S/c1-8-3-4-14-13(5-8)19-15(20-14)18-12-7-10(16)9(2)6-11(12)17/h3-7H,1-2H3,(H,18,19). The van der Waals surface area contributed by atoms with Crippen molar-refractivity contribution in [1.29, 1.82) is 0 Å². The minimum Gasteiger partial charge on any atom is -0.329 e. The highest BCUT2D eigenvalue weighted by Crippen LogP contribution is 2.30. The summed E-state index contributed by atoms with van der Waals surface area (Å²) in [6.45, 7) is 3.52. The number of benzene rings is 2. The maximum atomic E-state index is 13.8. The Labute approximate surface area is 119 Å². The third-order valence-corrected chi connectivity index (χ3v) is 3.98. The summed E-state index contributed by atoms with van der Waals surface area (Å²) in [6, 6.07) is 8.26. The minimum absolute atomic E-state index is 0.101. The van der Waals surface area contributed by atoms with E-state index in [1.807, 2.05) is 25.1 Å². The Morgan fingerprint density at radius 2 is 1.85 bits per heavy atom. The molecule has 0 aliphatic heterocycles. The lowest BCUT2D eigenvalue weighted by molar-refractivity contribution is 0.595. The molecule has 0 aliphatic carbocycles. The molecule has 1 N–H and O–H groups in total. The van der Waals surface area contributed by atoms with Crippen molar-refractivity contribution in [2.75, 3.05) is 5.32 Å². The maximum absolute atomic E-state index is 13.8. The number of hydrogen-bond acceptors (Lipinski definition) is 3. The maximum Gasteiger partial charge on any atom is 0.188 e. The van der Waals surface area contributed by atoms with Gasteiger partial charge in [-0.05, 0) is 43.2 Å². The van der Waals surface area contributed by atoms with Crippen molar-refractivity contribution in [3.63, 3.8) is 0 Å². The summed E-state index contributed by atoms with van der Waals surface area (Å²) >= 11 is 1.41. The minimum atomic E-state index is -0.487. The fraction of sp³-hybridized carbons (Fsp3) is 0.133. The molecule has 5 heteroatoms. The molecule has 3 rings (SSSR count). The second-order valence-corrected chi connectivity index (χ2v) is 5.73. The predicted molar refractivity (Wildman–Crippen MR) is 78.7 cm³/mol. The van der Waals surface area contributed by atoms with Gasteiger partial charge >= 0.3 is 0 Å². The largest absolute Gasteiger partial charge is 0.329 e. The van der Waals surface area contributed by atoms with Gasteiger partial charge in [0, 0.05) is 6.07 Å². The summed E-state index contributed by atoms with van der Waals surface area (Å²) in [5.41, 5.74) is 2.35. The smallest absolute Gasteiger partial charge is 0.188 e. The SMILES string of the molecule is Cc1ccc2sc(Nc3cc(F)c(C)cc3F)nc2c1. The average molecular weight is 290 g/mol. The molecule has 0 unspecified atom stereocenters. The van der Waals surface area contributed by atoms with Gasteiger partial charge in [-0.3, -0.25) is 0 Å². The number of nitrogens with zero attached hydrogens (tertiary/aromatic N) is 1. The Kier molecular flexibility index (Phi) is 3.14. The molecule has 0 atom stereocenters. The normalized spacial score (nSPS) is 11.0. The molecule has 0 aliphatic rings. The van der Waals surface area contributed by atoms with Gasteiger partial charge < -0.3 is 5.32 Å². The van der Waals surface area contributed by atoms with Gasteiger partial charge in [0.05, 0.1) is 15.9 Å². The van der Waals surface area contributed by atoms with Crippen molar-refractivity contribution < 1.29 is 8.78 Å². The Morgan fingerprint density at radius 3 is 2.65 bits per heavy atom. The molecule has 1 heterocycles. The van der Waals surface area contributed by atoms with E-state index >= 15 is 0 Å². The lowest BCUT2D eigenvalue weighted by Gasteiger charge is -2.05. The highest BCUT2D eigenvalue weighted by atomic mass is 32.1. The topological polar surface area (TPSA) is 24.9 Å². The number of fused-ring (bicyclic) bond motifs is 1. The molecular weight excluding hydrogens is 278 g/mol. The summed E-state index contributed by atoms with van der Waals surface area (Å²) < 4.78 is 28.3. The molecule has 1 aromatic heterocycles. The van der Waals surface area contributed by atoms with Crippen LogP contribution in [0.1, 0.15) is 11.1 Å². The van der Waals surface area contributed by atoms with Crippen LogP contribution in [-0.4, -0.2) is 4.98 Å². The Bertz CT molecular complexity index is 796. The number of anilines is 2. The summed E-state index contributed by atoms with van der Waals surface area (Å²) in [4.78, 5) is 4.38. The lowest BCUT2D eigenvalue weighted by Crippen LogP contribution is -1.96. The van der Waals surface area contributed by atoms with Gasteiger partial charge in [-0.1, -0.05) is 17.4 Å². The molecule has 0 radical (unpaired) electrons. The summed E-state index contributed by atoms with van der Waals surface area (Å²) in [5.74, 6) is -0.926. The van der Waals surface area contributed by atoms with Crippen molar-refractivity contribution in [2.24, 2.45) is 0 Å². The van der Waals surface area contributed by atoms with E-state index in [2.05, 4.69) is 10.3 Å². The number of rotatable bonds is 2. The number of halogens is 2. The van der Waals surface area contributed by atoms with Crippen molar-refractivity contribution in [1.82, 2.24) is 4.98 Å². The van der Waals surface area contributed by atoms with Gasteiger partial charge in [-0.2, -0.15) is 0 Å². The summed E-state index contributed by atoms with van der Waals surface area (Å²) in [5, 5.41) is 3.39. The molecular formula is C15H12F2N2S. The highest BCUT2D eigenvalue weighted by Gasteiger charge is 2.10. The molecule has 0 amide bonds. The van der Waals surface area contributed by atoms with Crippen LogP contribution in [0.3, 0.4) is 0 Å². The van der Waals surface area contributed by atoms with E-state index in [0.717, 1.165) is 21.8 Å². The predicted octanol–water partition coefficient (Wildman–Crippen LogP) is 4.93. The van der Waals surface area contributed by atoms with Crippen LogP contribution in [0.15, 0.2) is 30.3 Å². The van der Waals surface area contributed by atoms with Gasteiger partial charge in [0.1, 0.15) is 11.6 Å². The van der Waals surface area contributed by atoms with E-state index < -0.39 is 11.6 Å². The zero-order valence-corrected chi connectivity index (χ0v) is 11.8. The first-order valence-electron chi connectivity index (χ1n) is 6.13. The van der Waals surface area contributed by atoms with E-state index in [0.29, 0.717) is 5.13 Å². The fourth-order valence-corrected chi connectivity index (χ4v) is 2.81. The number of thiazole rings is 1. The zero-order valence-electron chi connectivity index (χ0n) is 11.0. The molecule has 0 bridgehead atoms. The zero-order chi connectivity index (χ0) is 14.3. The first-order valence-corrected chi connectivity index (χ1v) is 6.94. The Hall–Kier alpha value is -2.01. The molecule has 102 valence electrons. The second kappa shape index (κ2) is 4.83. The Balaban J connectivity index is 1.99. The molecule has 2 aromatic carbocycles. The highest BCUT2D eigenvalue weighted by molar-refractivity contribution is 7.22. The fourth-order valence-electron chi connectivity index (χ4n) is 1.95. The van der Waals surface area contributed by atoms with Crippen LogP contribution in [0, 0.1) is 25.5 Å². The molecule has 0 saturated heterocycles. The van der Waals surface area contributed by atoms with Crippen LogP contribution in [0.4, 0.5) is 19.6 Å². The first kappa shape index (κ1) is 13.0. The van der Waals surface area contributed by atoms with Crippen LogP contribution in [0.5, 0.6) is 0 Å². The Morgan fingerprint density at radius 1 is 1.05 bits per heavy atom. The van der Waals surface area contributed by atoms with Crippen LogP contribution in [0.2, 0.25) is 0 Å². The third kappa shape index (κ3) is 2.36. The van der Waals surface area contributed by atoms with Gasteiger partial charge in [-0.15, -0.1) is 0 Å². The molecule has 2 nitrogen and oxygen atoms in total. The van der Waals surface area contributed by atoms with Crippen LogP contribution < -0.4 is 5.32 Å². The van der Waals surface area contributed by atoms with Crippen molar-refractivity contribution in [2.45, 2.75) is 13.8 Å². The van der Waals surface area contributed by atoms with E-state index in [4.69, 9.17) is 0 Å². The van der Waals surface area contributed by atoms with Crippen LogP contribution in [0.25, 0.3) is 10.2 Å². The summed E-state index contributed by atoms with van der Waals surface area (Å²) in [6.07, 6.45) is 0. The monoisotopic (exact) mass is 290 g/mol. The van der Waals surface area contributed by atoms with E-state index in [9.17, 15) is 8.78 Å². The van der Waals surface area contributed by atoms with Crippen molar-refractivity contribution in [3.8, 4) is 0 Å². The molecule has 0 spiro atoms. The van der Waals surface area contributed by atoms with Gasteiger partial charge in [0.2, 0.25) is 0 Å². The average Bonchev–Trinajstić information content (AvgIpc) is 2.77. The molecule has 20 heavy (non-hydrogen) atoms. The van der Waals surface area contributed by atoms with E-state index in [1.165, 1.54) is 24.3 Å². The lowest BCUT2D eigenvalue weighted by atomic mass is 10.2. The third-order valence-electron chi connectivity index (χ3n) is 3.03. The number of aryl methyl sites for hydroxylation is 2. The van der Waals surface area contributed by atoms with Gasteiger partial charge in [0.15, 0.2) is 5.13 Å². The van der Waals surface area contributed by atoms with E-state index in [1.54, 1.807) is 0 Å². The number of aromatic nitrogens is 1. The van der Waals surface area contributed by atoms with Crippen LogP contribution in [-0.2, 0) is 0 Å². The molecule has 0 fully saturated rings. The molecule has 3 aromatic rings. The van der Waals surface area contributed by atoms with Crippen LogP contribution >= 0.6 is 11.3 Å². The number of nitrogens with one attached hydrogen (secondary N) is 1. The first-order chi connectivity index (χ1) is 9.52. The van der Waals surface area contributed by atoms with E-state index in [-0.39, 0.29) is 11.3 Å². The summed E-state index contributed by atoms with van der Waals surface area (Å²) in [7, 11) is 0. The van der Waals surface area contributed by atoms with Crippen molar-refractivity contribution >= 4 is 32.4 Å². The van der Waals surface area contributed by atoms with Gasteiger partial charge in [-0.25, -0.2) is 13.8 Å². The second-order valence-electron chi connectivity index (χ2n) is 4.70. The van der Waals surface area contributed by atoms with Crippen molar-refractivity contribution in [3.05, 3.63) is 53.1 Å². The molecule has 0 saturated carbocycles. The quantitative estimate of drug-likeness (QED) is 0.723.